The zero-order chi connectivity index (χ0) is 14.5. The fraction of sp³-hybridized carbons (Fsp3) is 0.294. The number of anilines is 1. The summed E-state index contributed by atoms with van der Waals surface area (Å²) in [6.07, 6.45) is 0. The summed E-state index contributed by atoms with van der Waals surface area (Å²) in [6.45, 7) is 7.13. The molecule has 0 unspecified atom stereocenters. The molecule has 0 aliphatic rings. The summed E-state index contributed by atoms with van der Waals surface area (Å²) < 4.78 is 11.5. The van der Waals surface area contributed by atoms with Crippen LogP contribution < -0.4 is 15.2 Å². The number of rotatable bonds is 5. The van der Waals surface area contributed by atoms with E-state index in [0.717, 1.165) is 22.6 Å². The van der Waals surface area contributed by atoms with Crippen molar-refractivity contribution in [1.82, 2.24) is 0 Å². The van der Waals surface area contributed by atoms with E-state index in [2.05, 4.69) is 19.1 Å². The van der Waals surface area contributed by atoms with Crippen LogP contribution in [-0.4, -0.2) is 6.61 Å². The third-order valence-corrected chi connectivity index (χ3v) is 3.11. The number of nitrogen functional groups attached to an aromatic ring is 1. The van der Waals surface area contributed by atoms with Gasteiger partial charge < -0.3 is 15.2 Å². The second-order valence-corrected chi connectivity index (χ2v) is 4.86. The molecule has 0 bridgehead atoms. The molecule has 0 aromatic heterocycles. The van der Waals surface area contributed by atoms with Crippen LogP contribution in [0.15, 0.2) is 36.4 Å². The highest BCUT2D eigenvalue weighted by Crippen LogP contribution is 2.25. The van der Waals surface area contributed by atoms with Crippen molar-refractivity contribution in [2.45, 2.75) is 27.4 Å². The van der Waals surface area contributed by atoms with Crippen LogP contribution in [0, 0.1) is 13.8 Å². The Kier molecular flexibility index (Phi) is 4.51. The summed E-state index contributed by atoms with van der Waals surface area (Å²) in [5, 5.41) is 0. The number of hydrogen-bond donors (Lipinski definition) is 1. The highest BCUT2D eigenvalue weighted by atomic mass is 16.5. The Morgan fingerprint density at radius 3 is 2.50 bits per heavy atom. The lowest BCUT2D eigenvalue weighted by molar-refractivity contribution is 0.285. The van der Waals surface area contributed by atoms with Gasteiger partial charge in [0.2, 0.25) is 0 Å². The fourth-order valence-electron chi connectivity index (χ4n) is 2.03. The average Bonchev–Trinajstić information content (AvgIpc) is 2.42. The molecule has 0 radical (unpaired) electrons. The highest BCUT2D eigenvalue weighted by Gasteiger charge is 2.07. The number of hydrogen-bond acceptors (Lipinski definition) is 3. The maximum Gasteiger partial charge on any atom is 0.126 e. The van der Waals surface area contributed by atoms with Gasteiger partial charge in [-0.3, -0.25) is 0 Å². The molecule has 0 aliphatic heterocycles. The third-order valence-electron chi connectivity index (χ3n) is 3.11. The second-order valence-electron chi connectivity index (χ2n) is 4.86. The van der Waals surface area contributed by atoms with Crippen LogP contribution in [0.5, 0.6) is 11.5 Å². The van der Waals surface area contributed by atoms with Crippen LogP contribution in [0.3, 0.4) is 0 Å². The van der Waals surface area contributed by atoms with Crippen LogP contribution >= 0.6 is 0 Å². The monoisotopic (exact) mass is 271 g/mol. The predicted molar refractivity (Wildman–Crippen MR) is 82.3 cm³/mol. The lowest BCUT2D eigenvalue weighted by Crippen LogP contribution is -2.03. The van der Waals surface area contributed by atoms with E-state index in [-0.39, 0.29) is 0 Å². The Hall–Kier alpha value is -2.16. The van der Waals surface area contributed by atoms with Gasteiger partial charge in [0.05, 0.1) is 6.61 Å². The van der Waals surface area contributed by atoms with E-state index >= 15 is 0 Å². The van der Waals surface area contributed by atoms with E-state index in [1.807, 2.05) is 38.1 Å². The Morgan fingerprint density at radius 1 is 0.950 bits per heavy atom. The topological polar surface area (TPSA) is 44.5 Å². The third kappa shape index (κ3) is 3.44. The largest absolute Gasteiger partial charge is 0.493 e. The molecule has 0 aliphatic carbocycles. The molecule has 0 atom stereocenters. The zero-order valence-electron chi connectivity index (χ0n) is 12.3. The van der Waals surface area contributed by atoms with Gasteiger partial charge in [-0.25, -0.2) is 0 Å². The van der Waals surface area contributed by atoms with Crippen molar-refractivity contribution in [2.24, 2.45) is 0 Å². The summed E-state index contributed by atoms with van der Waals surface area (Å²) >= 11 is 0. The van der Waals surface area contributed by atoms with Crippen molar-refractivity contribution < 1.29 is 9.47 Å². The van der Waals surface area contributed by atoms with E-state index < -0.39 is 0 Å². The molecule has 20 heavy (non-hydrogen) atoms. The maximum atomic E-state index is 5.91. The fourth-order valence-corrected chi connectivity index (χ4v) is 2.03. The zero-order valence-corrected chi connectivity index (χ0v) is 12.3. The molecule has 0 saturated carbocycles. The van der Waals surface area contributed by atoms with Crippen LogP contribution in [-0.2, 0) is 6.61 Å². The molecular weight excluding hydrogens is 250 g/mol. The van der Waals surface area contributed by atoms with E-state index in [9.17, 15) is 0 Å². The van der Waals surface area contributed by atoms with E-state index in [0.29, 0.717) is 18.9 Å². The van der Waals surface area contributed by atoms with E-state index in [1.165, 1.54) is 5.56 Å². The molecular formula is C17H21NO2. The smallest absolute Gasteiger partial charge is 0.126 e. The number of aryl methyl sites for hydroxylation is 2. The van der Waals surface area contributed by atoms with Gasteiger partial charge >= 0.3 is 0 Å². The first-order valence-electron chi connectivity index (χ1n) is 6.81. The lowest BCUT2D eigenvalue weighted by atomic mass is 10.1. The van der Waals surface area contributed by atoms with Gasteiger partial charge in [-0.05, 0) is 56.2 Å². The van der Waals surface area contributed by atoms with Gasteiger partial charge in [-0.2, -0.15) is 0 Å². The van der Waals surface area contributed by atoms with Gasteiger partial charge in [0, 0.05) is 11.3 Å². The summed E-state index contributed by atoms with van der Waals surface area (Å²) in [5.74, 6) is 1.72. The molecule has 106 valence electrons. The highest BCUT2D eigenvalue weighted by molar-refractivity contribution is 5.48. The first kappa shape index (κ1) is 14.3. The minimum absolute atomic E-state index is 0.449. The predicted octanol–water partition coefficient (Wildman–Crippen LogP) is 3.86. The molecule has 3 nitrogen and oxygen atoms in total. The molecule has 2 N–H and O–H groups in total. The van der Waals surface area contributed by atoms with Gasteiger partial charge in [-0.1, -0.05) is 12.1 Å². The minimum atomic E-state index is 0.449. The van der Waals surface area contributed by atoms with Gasteiger partial charge in [-0.15, -0.1) is 0 Å². The van der Waals surface area contributed by atoms with Gasteiger partial charge in [0.1, 0.15) is 18.1 Å². The van der Waals surface area contributed by atoms with Crippen molar-refractivity contribution in [2.75, 3.05) is 12.3 Å². The molecule has 2 aromatic rings. The molecule has 0 heterocycles. The lowest BCUT2D eigenvalue weighted by Gasteiger charge is -2.14. The molecule has 0 fully saturated rings. The van der Waals surface area contributed by atoms with Crippen LogP contribution in [0.1, 0.15) is 23.6 Å². The molecule has 0 saturated heterocycles. The number of nitrogens with two attached hydrogens (primary N) is 1. The second kappa shape index (κ2) is 6.33. The van der Waals surface area contributed by atoms with Crippen molar-refractivity contribution in [1.29, 1.82) is 0 Å². The number of benzene rings is 2. The van der Waals surface area contributed by atoms with E-state index in [1.54, 1.807) is 0 Å². The van der Waals surface area contributed by atoms with Crippen LogP contribution in [0.2, 0.25) is 0 Å². The van der Waals surface area contributed by atoms with Crippen LogP contribution in [0.25, 0.3) is 0 Å². The normalized spacial score (nSPS) is 10.3. The summed E-state index contributed by atoms with van der Waals surface area (Å²) in [5.41, 5.74) is 9.82. The van der Waals surface area contributed by atoms with Gasteiger partial charge in [0.15, 0.2) is 0 Å². The molecule has 3 heteroatoms. The quantitative estimate of drug-likeness (QED) is 0.840. The van der Waals surface area contributed by atoms with Gasteiger partial charge in [0.25, 0.3) is 0 Å². The summed E-state index contributed by atoms with van der Waals surface area (Å²) in [7, 11) is 0. The van der Waals surface area contributed by atoms with Crippen LogP contribution in [0.4, 0.5) is 5.69 Å². The first-order chi connectivity index (χ1) is 9.60. The SMILES string of the molecule is CCOc1ccc(N)cc1COc1cc(C)ccc1C. The standard InChI is InChI=1S/C17H21NO2/c1-4-19-16-8-7-15(18)10-14(16)11-20-17-9-12(2)5-6-13(17)3/h5-10H,4,11,18H2,1-3H3. The van der Waals surface area contributed by atoms with Crippen molar-refractivity contribution in [3.8, 4) is 11.5 Å². The first-order valence-corrected chi connectivity index (χ1v) is 6.81. The molecule has 2 rings (SSSR count). The van der Waals surface area contributed by atoms with E-state index in [4.69, 9.17) is 15.2 Å². The molecule has 0 amide bonds. The Labute approximate surface area is 120 Å². The maximum absolute atomic E-state index is 5.91. The van der Waals surface area contributed by atoms with Crippen molar-refractivity contribution >= 4 is 5.69 Å². The molecule has 2 aromatic carbocycles. The number of ether oxygens (including phenoxy) is 2. The summed E-state index contributed by atoms with van der Waals surface area (Å²) in [6, 6.07) is 11.8. The minimum Gasteiger partial charge on any atom is -0.493 e. The Balaban J connectivity index is 2.17. The Bertz CT molecular complexity index is 594. The van der Waals surface area contributed by atoms with Crippen molar-refractivity contribution in [3.05, 3.63) is 53.1 Å². The summed E-state index contributed by atoms with van der Waals surface area (Å²) in [4.78, 5) is 0. The van der Waals surface area contributed by atoms with Crippen molar-refractivity contribution in [3.63, 3.8) is 0 Å². The average molecular weight is 271 g/mol. The molecule has 0 spiro atoms. The Morgan fingerprint density at radius 2 is 1.75 bits per heavy atom.